The zero-order chi connectivity index (χ0) is 13.4. The average molecular weight is 252 g/mol. The Kier molecular flexibility index (Phi) is 6.58. The van der Waals surface area contributed by atoms with Crippen molar-refractivity contribution in [2.75, 3.05) is 0 Å². The van der Waals surface area contributed by atoms with Crippen LogP contribution in [-0.4, -0.2) is 21.4 Å². The third-order valence-electron chi connectivity index (χ3n) is 3.20. The normalized spacial score (nSPS) is 12.6. The quantitative estimate of drug-likeness (QED) is 0.491. The van der Waals surface area contributed by atoms with Crippen LogP contribution in [0, 0.1) is 0 Å². The molecule has 1 aromatic rings. The van der Waals surface area contributed by atoms with Crippen molar-refractivity contribution in [2.24, 2.45) is 0 Å². The lowest BCUT2D eigenvalue weighted by molar-refractivity contribution is 0.151. The highest BCUT2D eigenvalue weighted by molar-refractivity contribution is 5.40. The second-order valence-corrected chi connectivity index (χ2v) is 4.86. The smallest absolute Gasteiger partial charge is 0.157 e. The Morgan fingerprint density at radius 1 is 1.00 bits per heavy atom. The van der Waals surface area contributed by atoms with Crippen molar-refractivity contribution in [1.82, 2.24) is 0 Å². The summed E-state index contributed by atoms with van der Waals surface area (Å²) in [6.07, 6.45) is 6.73. The summed E-state index contributed by atoms with van der Waals surface area (Å²) in [5.41, 5.74) is 0.943. The predicted molar refractivity (Wildman–Crippen MR) is 72.9 cm³/mol. The second-order valence-electron chi connectivity index (χ2n) is 4.86. The van der Waals surface area contributed by atoms with Crippen LogP contribution in [0.1, 0.15) is 51.0 Å². The van der Waals surface area contributed by atoms with E-state index in [2.05, 4.69) is 6.92 Å². The molecule has 0 aliphatic rings. The van der Waals surface area contributed by atoms with Gasteiger partial charge in [-0.2, -0.15) is 0 Å². The zero-order valence-corrected chi connectivity index (χ0v) is 11.1. The van der Waals surface area contributed by atoms with E-state index in [1.165, 1.54) is 25.3 Å². The Balaban J connectivity index is 2.24. The van der Waals surface area contributed by atoms with Crippen LogP contribution in [-0.2, 0) is 6.42 Å². The fraction of sp³-hybridized carbons (Fsp3) is 0.600. The van der Waals surface area contributed by atoms with Gasteiger partial charge in [0.1, 0.15) is 0 Å². The first kappa shape index (κ1) is 14.8. The van der Waals surface area contributed by atoms with Gasteiger partial charge in [0.2, 0.25) is 0 Å². The number of aryl methyl sites for hydroxylation is 1. The van der Waals surface area contributed by atoms with Crippen LogP contribution < -0.4 is 0 Å². The Hall–Kier alpha value is -1.22. The molecular formula is C15H24O3. The zero-order valence-electron chi connectivity index (χ0n) is 11.1. The molecular weight excluding hydrogens is 228 g/mol. The van der Waals surface area contributed by atoms with Crippen molar-refractivity contribution in [3.63, 3.8) is 0 Å². The molecule has 0 aliphatic heterocycles. The van der Waals surface area contributed by atoms with Gasteiger partial charge in [-0.3, -0.25) is 0 Å². The fourth-order valence-corrected chi connectivity index (χ4v) is 2.01. The number of phenolic OH excluding ortho intramolecular Hbond substituents is 2. The van der Waals surface area contributed by atoms with E-state index < -0.39 is 0 Å². The van der Waals surface area contributed by atoms with Crippen LogP contribution in [0.3, 0.4) is 0 Å². The maximum absolute atomic E-state index is 9.82. The lowest BCUT2D eigenvalue weighted by atomic mass is 10.0. The molecule has 3 N–H and O–H groups in total. The summed E-state index contributed by atoms with van der Waals surface area (Å²) in [7, 11) is 0. The Morgan fingerprint density at radius 2 is 1.78 bits per heavy atom. The average Bonchev–Trinajstić information content (AvgIpc) is 2.36. The first-order valence-corrected chi connectivity index (χ1v) is 6.82. The van der Waals surface area contributed by atoms with Crippen molar-refractivity contribution in [2.45, 2.75) is 58.0 Å². The molecule has 0 amide bonds. The van der Waals surface area contributed by atoms with Gasteiger partial charge in [-0.25, -0.2) is 0 Å². The van der Waals surface area contributed by atoms with E-state index >= 15 is 0 Å². The minimum Gasteiger partial charge on any atom is -0.504 e. The van der Waals surface area contributed by atoms with E-state index in [4.69, 9.17) is 0 Å². The molecule has 102 valence electrons. The van der Waals surface area contributed by atoms with Crippen LogP contribution >= 0.6 is 0 Å². The maximum atomic E-state index is 9.82. The lowest BCUT2D eigenvalue weighted by Crippen LogP contribution is -2.07. The number of unbranched alkanes of at least 4 members (excludes halogenated alkanes) is 3. The van der Waals surface area contributed by atoms with Gasteiger partial charge >= 0.3 is 0 Å². The van der Waals surface area contributed by atoms with Gasteiger partial charge < -0.3 is 15.3 Å². The van der Waals surface area contributed by atoms with Gasteiger partial charge in [-0.1, -0.05) is 38.7 Å². The van der Waals surface area contributed by atoms with E-state index in [9.17, 15) is 15.3 Å². The van der Waals surface area contributed by atoms with Crippen LogP contribution in [0.2, 0.25) is 0 Å². The SMILES string of the molecule is CCCCCCC(O)CCc1ccc(O)c(O)c1. The van der Waals surface area contributed by atoms with Gasteiger partial charge in [0.15, 0.2) is 11.5 Å². The highest BCUT2D eigenvalue weighted by atomic mass is 16.3. The number of rotatable bonds is 8. The molecule has 0 aliphatic carbocycles. The molecule has 1 aromatic carbocycles. The summed E-state index contributed by atoms with van der Waals surface area (Å²) in [6, 6.07) is 4.82. The minimum atomic E-state index is -0.266. The van der Waals surface area contributed by atoms with Gasteiger partial charge in [0.05, 0.1) is 6.10 Å². The summed E-state index contributed by atoms with van der Waals surface area (Å²) in [5, 5.41) is 28.4. The third-order valence-corrected chi connectivity index (χ3v) is 3.20. The molecule has 1 rings (SSSR count). The highest BCUT2D eigenvalue weighted by Gasteiger charge is 2.06. The van der Waals surface area contributed by atoms with Crippen LogP contribution in [0.5, 0.6) is 11.5 Å². The Morgan fingerprint density at radius 3 is 2.44 bits per heavy atom. The number of aliphatic hydroxyl groups is 1. The summed E-state index contributed by atoms with van der Waals surface area (Å²) >= 11 is 0. The van der Waals surface area contributed by atoms with Crippen molar-refractivity contribution in [3.05, 3.63) is 23.8 Å². The van der Waals surface area contributed by atoms with E-state index in [0.29, 0.717) is 6.42 Å². The van der Waals surface area contributed by atoms with Crippen molar-refractivity contribution >= 4 is 0 Å². The number of aliphatic hydroxyl groups excluding tert-OH is 1. The number of phenols is 2. The number of hydrogen-bond acceptors (Lipinski definition) is 3. The topological polar surface area (TPSA) is 60.7 Å². The van der Waals surface area contributed by atoms with Crippen molar-refractivity contribution < 1.29 is 15.3 Å². The lowest BCUT2D eigenvalue weighted by Gasteiger charge is -2.10. The Bertz CT molecular complexity index is 350. The number of hydrogen-bond donors (Lipinski definition) is 3. The van der Waals surface area contributed by atoms with Crippen LogP contribution in [0.15, 0.2) is 18.2 Å². The summed E-state index contributed by atoms with van der Waals surface area (Å²) in [6.45, 7) is 2.17. The molecule has 0 saturated heterocycles. The van der Waals surface area contributed by atoms with E-state index in [-0.39, 0.29) is 17.6 Å². The maximum Gasteiger partial charge on any atom is 0.157 e. The first-order chi connectivity index (χ1) is 8.63. The molecule has 1 atom stereocenters. The molecule has 0 aromatic heterocycles. The Labute approximate surface area is 109 Å². The largest absolute Gasteiger partial charge is 0.504 e. The second kappa shape index (κ2) is 7.98. The van der Waals surface area contributed by atoms with E-state index in [1.54, 1.807) is 12.1 Å². The minimum absolute atomic E-state index is 0.0927. The highest BCUT2D eigenvalue weighted by Crippen LogP contribution is 2.25. The predicted octanol–water partition coefficient (Wildman–Crippen LogP) is 3.36. The molecule has 3 nitrogen and oxygen atoms in total. The molecule has 3 heteroatoms. The van der Waals surface area contributed by atoms with E-state index in [1.807, 2.05) is 0 Å². The van der Waals surface area contributed by atoms with Gasteiger partial charge in [-0.05, 0) is 37.0 Å². The van der Waals surface area contributed by atoms with Crippen molar-refractivity contribution in [3.8, 4) is 11.5 Å². The monoisotopic (exact) mass is 252 g/mol. The van der Waals surface area contributed by atoms with Crippen LogP contribution in [0.4, 0.5) is 0 Å². The molecule has 0 heterocycles. The number of aromatic hydroxyl groups is 2. The van der Waals surface area contributed by atoms with Gasteiger partial charge in [0, 0.05) is 0 Å². The first-order valence-electron chi connectivity index (χ1n) is 6.82. The summed E-state index contributed by atoms with van der Waals surface area (Å²) in [4.78, 5) is 0. The molecule has 0 radical (unpaired) electrons. The fourth-order valence-electron chi connectivity index (χ4n) is 2.01. The molecule has 0 saturated carbocycles. The summed E-state index contributed by atoms with van der Waals surface area (Å²) in [5.74, 6) is -0.191. The summed E-state index contributed by atoms with van der Waals surface area (Å²) < 4.78 is 0. The molecule has 0 spiro atoms. The molecule has 18 heavy (non-hydrogen) atoms. The molecule has 0 bridgehead atoms. The van der Waals surface area contributed by atoms with Crippen molar-refractivity contribution in [1.29, 1.82) is 0 Å². The third kappa shape index (κ3) is 5.41. The molecule has 0 fully saturated rings. The van der Waals surface area contributed by atoms with Gasteiger partial charge in [-0.15, -0.1) is 0 Å². The van der Waals surface area contributed by atoms with Gasteiger partial charge in [0.25, 0.3) is 0 Å². The standard InChI is InChI=1S/C15H24O3/c1-2-3-4-5-6-13(16)9-7-12-8-10-14(17)15(18)11-12/h8,10-11,13,16-18H,2-7,9H2,1H3. The van der Waals surface area contributed by atoms with Crippen LogP contribution in [0.25, 0.3) is 0 Å². The van der Waals surface area contributed by atoms with E-state index in [0.717, 1.165) is 24.8 Å². The molecule has 1 unspecified atom stereocenters. The number of benzene rings is 1.